The van der Waals surface area contributed by atoms with Crippen LogP contribution in [0.15, 0.2) is 34.8 Å². The van der Waals surface area contributed by atoms with E-state index in [1.807, 2.05) is 19.9 Å². The number of benzene rings is 2. The fourth-order valence-corrected chi connectivity index (χ4v) is 3.90. The van der Waals surface area contributed by atoms with Crippen LogP contribution in [0.1, 0.15) is 17.5 Å². The molecule has 1 atom stereocenters. The Labute approximate surface area is 194 Å². The molecule has 2 aromatic rings. The molecule has 0 unspecified atom stereocenters. The Hall–Kier alpha value is -3.07. The van der Waals surface area contributed by atoms with E-state index in [0.717, 1.165) is 15.6 Å². The molecule has 1 fully saturated rings. The Bertz CT molecular complexity index is 1060. The van der Waals surface area contributed by atoms with Crippen LogP contribution in [0.5, 0.6) is 11.5 Å². The highest BCUT2D eigenvalue weighted by Crippen LogP contribution is 2.36. The minimum absolute atomic E-state index is 0.000646. The third-order valence-corrected chi connectivity index (χ3v) is 6.34. The van der Waals surface area contributed by atoms with Gasteiger partial charge in [0.1, 0.15) is 11.5 Å². The lowest BCUT2D eigenvalue weighted by Crippen LogP contribution is -2.28. The Morgan fingerprint density at radius 2 is 1.88 bits per heavy atom. The fraction of sp³-hybridized carbons (Fsp3) is 0.348. The summed E-state index contributed by atoms with van der Waals surface area (Å²) in [7, 11) is 3.04. The van der Waals surface area contributed by atoms with E-state index in [2.05, 4.69) is 21.2 Å². The highest BCUT2D eigenvalue weighted by Gasteiger charge is 2.37. The number of rotatable bonds is 7. The standard InChI is InChI=1S/C23H25BrN2O6/c1-13-14(2)18(7-6-17(13)24)25-21(27)12-32-23(29)15-9-22(28)26(11-15)19-8-5-16(30-3)10-20(19)31-4/h5-8,10,15H,9,11-12H2,1-4H3,(H,25,27)/t15-/m1/s1. The van der Waals surface area contributed by atoms with Gasteiger partial charge in [-0.15, -0.1) is 0 Å². The number of carbonyl (C=O) groups is 3. The summed E-state index contributed by atoms with van der Waals surface area (Å²) in [5.74, 6) is -0.866. The molecule has 0 aromatic heterocycles. The first kappa shape index (κ1) is 23.6. The van der Waals surface area contributed by atoms with Crippen LogP contribution in [0.3, 0.4) is 0 Å². The van der Waals surface area contributed by atoms with Crippen molar-refractivity contribution in [2.75, 3.05) is 37.6 Å². The largest absolute Gasteiger partial charge is 0.497 e. The van der Waals surface area contributed by atoms with Crippen LogP contribution < -0.4 is 19.7 Å². The summed E-state index contributed by atoms with van der Waals surface area (Å²) in [6, 6.07) is 8.72. The summed E-state index contributed by atoms with van der Waals surface area (Å²) in [6.45, 7) is 3.56. The van der Waals surface area contributed by atoms with Gasteiger partial charge in [0.25, 0.3) is 5.91 Å². The van der Waals surface area contributed by atoms with Crippen molar-refractivity contribution in [3.8, 4) is 11.5 Å². The second kappa shape index (κ2) is 10.0. The van der Waals surface area contributed by atoms with E-state index in [9.17, 15) is 14.4 Å². The van der Waals surface area contributed by atoms with Gasteiger partial charge in [-0.05, 0) is 49.2 Å². The van der Waals surface area contributed by atoms with Crippen molar-refractivity contribution >= 4 is 45.1 Å². The van der Waals surface area contributed by atoms with Crippen molar-refractivity contribution in [3.63, 3.8) is 0 Å². The number of amides is 2. The number of halogens is 1. The van der Waals surface area contributed by atoms with Crippen LogP contribution in [0, 0.1) is 19.8 Å². The molecule has 9 heteroatoms. The molecule has 1 N–H and O–H groups in total. The van der Waals surface area contributed by atoms with E-state index in [4.69, 9.17) is 14.2 Å². The lowest BCUT2D eigenvalue weighted by Gasteiger charge is -2.20. The van der Waals surface area contributed by atoms with Crippen LogP contribution in [0.2, 0.25) is 0 Å². The maximum atomic E-state index is 12.5. The molecule has 3 rings (SSSR count). The third kappa shape index (κ3) is 5.04. The van der Waals surface area contributed by atoms with Crippen LogP contribution in [0.4, 0.5) is 11.4 Å². The normalized spacial score (nSPS) is 15.5. The summed E-state index contributed by atoms with van der Waals surface area (Å²) in [4.78, 5) is 38.8. The number of anilines is 2. The molecule has 0 aliphatic carbocycles. The molecular formula is C23H25BrN2O6. The highest BCUT2D eigenvalue weighted by atomic mass is 79.9. The quantitative estimate of drug-likeness (QED) is 0.578. The van der Waals surface area contributed by atoms with Gasteiger partial charge in [0.15, 0.2) is 6.61 Å². The van der Waals surface area contributed by atoms with E-state index in [1.54, 1.807) is 24.3 Å². The molecule has 1 aliphatic rings. The van der Waals surface area contributed by atoms with Crippen molar-refractivity contribution < 1.29 is 28.6 Å². The molecule has 2 amide bonds. The van der Waals surface area contributed by atoms with E-state index in [1.165, 1.54) is 19.1 Å². The maximum Gasteiger partial charge on any atom is 0.311 e. The minimum atomic E-state index is -0.668. The summed E-state index contributed by atoms with van der Waals surface area (Å²) in [5, 5.41) is 2.75. The number of ether oxygens (including phenoxy) is 3. The summed E-state index contributed by atoms with van der Waals surface area (Å²) in [5.41, 5.74) is 3.14. The summed E-state index contributed by atoms with van der Waals surface area (Å²) >= 11 is 3.45. The van der Waals surface area contributed by atoms with Crippen LogP contribution in [-0.2, 0) is 19.1 Å². The predicted octanol–water partition coefficient (Wildman–Crippen LogP) is 3.62. The average Bonchev–Trinajstić information content (AvgIpc) is 3.18. The maximum absolute atomic E-state index is 12.5. The van der Waals surface area contributed by atoms with Crippen molar-refractivity contribution in [3.05, 3.63) is 45.9 Å². The molecule has 2 aromatic carbocycles. The number of nitrogens with one attached hydrogen (secondary N) is 1. The molecule has 0 radical (unpaired) electrons. The predicted molar refractivity (Wildman–Crippen MR) is 123 cm³/mol. The van der Waals surface area contributed by atoms with Crippen LogP contribution >= 0.6 is 15.9 Å². The molecule has 8 nitrogen and oxygen atoms in total. The number of esters is 1. The van der Waals surface area contributed by atoms with Gasteiger partial charge in [0, 0.05) is 29.2 Å². The number of methoxy groups -OCH3 is 2. The first-order chi connectivity index (χ1) is 15.2. The van der Waals surface area contributed by atoms with E-state index in [-0.39, 0.29) is 18.9 Å². The van der Waals surface area contributed by atoms with Gasteiger partial charge in [-0.1, -0.05) is 15.9 Å². The number of hydrogen-bond donors (Lipinski definition) is 1. The van der Waals surface area contributed by atoms with E-state index < -0.39 is 24.4 Å². The smallest absolute Gasteiger partial charge is 0.311 e. The van der Waals surface area contributed by atoms with Gasteiger partial charge in [-0.3, -0.25) is 14.4 Å². The molecular weight excluding hydrogens is 480 g/mol. The SMILES string of the molecule is COc1ccc(N2C[C@H](C(=O)OCC(=O)Nc3ccc(Br)c(C)c3C)CC2=O)c(OC)c1. The average molecular weight is 505 g/mol. The highest BCUT2D eigenvalue weighted by molar-refractivity contribution is 9.10. The third-order valence-electron chi connectivity index (χ3n) is 5.48. The topological polar surface area (TPSA) is 94.2 Å². The van der Waals surface area contributed by atoms with E-state index in [0.29, 0.717) is 22.9 Å². The van der Waals surface area contributed by atoms with Crippen LogP contribution in [0.25, 0.3) is 0 Å². The molecule has 170 valence electrons. The van der Waals surface area contributed by atoms with Crippen molar-refractivity contribution in [1.82, 2.24) is 0 Å². The zero-order chi connectivity index (χ0) is 23.4. The molecule has 1 aliphatic heterocycles. The Morgan fingerprint density at radius 1 is 1.12 bits per heavy atom. The van der Waals surface area contributed by atoms with Gasteiger partial charge >= 0.3 is 5.97 Å². The molecule has 0 spiro atoms. The number of nitrogens with zero attached hydrogens (tertiary/aromatic N) is 1. The molecule has 1 saturated heterocycles. The molecule has 32 heavy (non-hydrogen) atoms. The van der Waals surface area contributed by atoms with E-state index >= 15 is 0 Å². The molecule has 0 saturated carbocycles. The van der Waals surface area contributed by atoms with Crippen molar-refractivity contribution in [2.45, 2.75) is 20.3 Å². The lowest BCUT2D eigenvalue weighted by molar-refractivity contribution is -0.151. The van der Waals surface area contributed by atoms with Crippen molar-refractivity contribution in [2.24, 2.45) is 5.92 Å². The van der Waals surface area contributed by atoms with Crippen LogP contribution in [-0.4, -0.2) is 45.2 Å². The Kier molecular flexibility index (Phi) is 7.40. The number of carbonyl (C=O) groups excluding carboxylic acids is 3. The monoisotopic (exact) mass is 504 g/mol. The fourth-order valence-electron chi connectivity index (χ4n) is 3.47. The van der Waals surface area contributed by atoms with Gasteiger partial charge in [-0.2, -0.15) is 0 Å². The second-order valence-electron chi connectivity index (χ2n) is 7.44. The molecule has 0 bridgehead atoms. The summed E-state index contributed by atoms with van der Waals surface area (Å²) in [6.07, 6.45) is 0.000646. The molecule has 1 heterocycles. The van der Waals surface area contributed by atoms with Gasteiger partial charge in [-0.25, -0.2) is 0 Å². The van der Waals surface area contributed by atoms with Gasteiger partial charge in [0.2, 0.25) is 5.91 Å². The van der Waals surface area contributed by atoms with Gasteiger partial charge in [0.05, 0.1) is 25.8 Å². The zero-order valence-electron chi connectivity index (χ0n) is 18.4. The first-order valence-corrected chi connectivity index (χ1v) is 10.8. The Balaban J connectivity index is 1.59. The van der Waals surface area contributed by atoms with Crippen molar-refractivity contribution in [1.29, 1.82) is 0 Å². The Morgan fingerprint density at radius 3 is 2.56 bits per heavy atom. The first-order valence-electron chi connectivity index (χ1n) is 9.99. The lowest BCUT2D eigenvalue weighted by atomic mass is 10.1. The minimum Gasteiger partial charge on any atom is -0.497 e. The van der Waals surface area contributed by atoms with Gasteiger partial charge < -0.3 is 24.4 Å². The summed E-state index contributed by atoms with van der Waals surface area (Å²) < 4.78 is 16.7. The second-order valence-corrected chi connectivity index (χ2v) is 8.30. The number of hydrogen-bond acceptors (Lipinski definition) is 6. The zero-order valence-corrected chi connectivity index (χ0v) is 19.9.